The first-order valence-electron chi connectivity index (χ1n) is 8.46. The van der Waals surface area contributed by atoms with Crippen LogP contribution in [0.3, 0.4) is 0 Å². The first-order chi connectivity index (χ1) is 13.2. The Bertz CT molecular complexity index is 1130. The molecular weight excluding hydrogens is 358 g/mol. The van der Waals surface area contributed by atoms with Crippen molar-refractivity contribution in [2.75, 3.05) is 0 Å². The van der Waals surface area contributed by atoms with Crippen molar-refractivity contribution in [2.45, 2.75) is 0 Å². The highest BCUT2D eigenvalue weighted by atomic mass is 35.5. The standard InChI is InChI=1S/C22H16ClN3O/c23-19-10-7-17(8-11-19)22(27)25-24-15-21-6-3-13-26(21)20-12-9-16-4-1-2-5-18(16)14-20/h1-15H,(H,25,27)/b24-15+. The molecule has 3 aromatic carbocycles. The second kappa shape index (κ2) is 7.48. The number of amides is 1. The third-order valence-electron chi connectivity index (χ3n) is 4.26. The maximum absolute atomic E-state index is 12.1. The monoisotopic (exact) mass is 373 g/mol. The normalized spacial score (nSPS) is 11.1. The third-order valence-corrected chi connectivity index (χ3v) is 4.51. The molecule has 132 valence electrons. The summed E-state index contributed by atoms with van der Waals surface area (Å²) in [7, 11) is 0. The van der Waals surface area contributed by atoms with Crippen LogP contribution in [0.2, 0.25) is 5.02 Å². The van der Waals surface area contributed by atoms with E-state index in [1.54, 1.807) is 30.5 Å². The predicted molar refractivity (Wildman–Crippen MR) is 110 cm³/mol. The first kappa shape index (κ1) is 17.1. The van der Waals surface area contributed by atoms with Crippen molar-refractivity contribution in [2.24, 2.45) is 5.10 Å². The van der Waals surface area contributed by atoms with Gasteiger partial charge in [0.1, 0.15) is 0 Å². The average Bonchev–Trinajstić information content (AvgIpc) is 3.16. The molecule has 0 fully saturated rings. The number of aromatic nitrogens is 1. The van der Waals surface area contributed by atoms with E-state index in [1.807, 2.05) is 35.0 Å². The van der Waals surface area contributed by atoms with Gasteiger partial charge in [0.2, 0.25) is 0 Å². The molecule has 0 saturated heterocycles. The molecule has 0 spiro atoms. The predicted octanol–water partition coefficient (Wildman–Crippen LogP) is 5.05. The Hall–Kier alpha value is -3.37. The number of nitrogens with one attached hydrogen (secondary N) is 1. The van der Waals surface area contributed by atoms with Crippen LogP contribution in [0, 0.1) is 0 Å². The Balaban J connectivity index is 1.53. The van der Waals surface area contributed by atoms with E-state index in [2.05, 4.69) is 40.9 Å². The minimum atomic E-state index is -0.285. The molecule has 0 aliphatic heterocycles. The van der Waals surface area contributed by atoms with Gasteiger partial charge in [0.15, 0.2) is 0 Å². The quantitative estimate of drug-likeness (QED) is 0.395. The number of rotatable bonds is 4. The fraction of sp³-hybridized carbons (Fsp3) is 0. The lowest BCUT2D eigenvalue weighted by atomic mass is 10.1. The smallest absolute Gasteiger partial charge is 0.271 e. The number of halogens is 1. The number of fused-ring (bicyclic) bond motifs is 1. The molecule has 0 radical (unpaired) electrons. The van der Waals surface area contributed by atoms with Crippen molar-refractivity contribution in [1.82, 2.24) is 9.99 Å². The molecule has 1 aromatic heterocycles. The number of benzene rings is 3. The van der Waals surface area contributed by atoms with Crippen LogP contribution in [0.5, 0.6) is 0 Å². The largest absolute Gasteiger partial charge is 0.316 e. The third kappa shape index (κ3) is 3.76. The highest BCUT2D eigenvalue weighted by molar-refractivity contribution is 6.30. The molecule has 4 nitrogen and oxygen atoms in total. The van der Waals surface area contributed by atoms with E-state index in [9.17, 15) is 4.79 Å². The van der Waals surface area contributed by atoms with Crippen LogP contribution >= 0.6 is 11.6 Å². The van der Waals surface area contributed by atoms with Crippen LogP contribution < -0.4 is 5.43 Å². The number of hydrogen-bond donors (Lipinski definition) is 1. The van der Waals surface area contributed by atoms with E-state index in [-0.39, 0.29) is 5.91 Å². The molecule has 0 saturated carbocycles. The number of carbonyl (C=O) groups is 1. The Morgan fingerprint density at radius 3 is 2.52 bits per heavy atom. The minimum absolute atomic E-state index is 0.285. The molecule has 0 aliphatic carbocycles. The summed E-state index contributed by atoms with van der Waals surface area (Å²) in [6.07, 6.45) is 3.59. The van der Waals surface area contributed by atoms with Crippen molar-refractivity contribution in [3.05, 3.63) is 101 Å². The number of hydrogen-bond acceptors (Lipinski definition) is 2. The zero-order valence-corrected chi connectivity index (χ0v) is 15.1. The summed E-state index contributed by atoms with van der Waals surface area (Å²) in [5.41, 5.74) is 4.93. The molecule has 1 amide bonds. The summed E-state index contributed by atoms with van der Waals surface area (Å²) in [6.45, 7) is 0. The fourth-order valence-corrected chi connectivity index (χ4v) is 3.01. The molecule has 0 bridgehead atoms. The highest BCUT2D eigenvalue weighted by Gasteiger charge is 2.05. The minimum Gasteiger partial charge on any atom is -0.316 e. The lowest BCUT2D eigenvalue weighted by molar-refractivity contribution is 0.0955. The number of nitrogens with zero attached hydrogens (tertiary/aromatic N) is 2. The van der Waals surface area contributed by atoms with Crippen molar-refractivity contribution in [3.63, 3.8) is 0 Å². The van der Waals surface area contributed by atoms with Gasteiger partial charge >= 0.3 is 0 Å². The van der Waals surface area contributed by atoms with Gasteiger partial charge in [0.25, 0.3) is 5.91 Å². The Morgan fingerprint density at radius 2 is 1.70 bits per heavy atom. The second-order valence-corrected chi connectivity index (χ2v) is 6.48. The lowest BCUT2D eigenvalue weighted by Crippen LogP contribution is -2.17. The van der Waals surface area contributed by atoms with E-state index in [0.717, 1.165) is 11.4 Å². The summed E-state index contributed by atoms with van der Waals surface area (Å²) in [6, 6.07) is 25.0. The molecular formula is C22H16ClN3O. The van der Waals surface area contributed by atoms with Crippen molar-refractivity contribution < 1.29 is 4.79 Å². The van der Waals surface area contributed by atoms with Gasteiger partial charge in [-0.2, -0.15) is 5.10 Å². The first-order valence-corrected chi connectivity index (χ1v) is 8.84. The maximum Gasteiger partial charge on any atom is 0.271 e. The van der Waals surface area contributed by atoms with Gasteiger partial charge in [-0.05, 0) is 59.3 Å². The van der Waals surface area contributed by atoms with Crippen LogP contribution in [0.4, 0.5) is 0 Å². The van der Waals surface area contributed by atoms with Crippen LogP contribution in [-0.2, 0) is 0 Å². The van der Waals surface area contributed by atoms with E-state index in [4.69, 9.17) is 11.6 Å². The fourth-order valence-electron chi connectivity index (χ4n) is 2.88. The van der Waals surface area contributed by atoms with Crippen LogP contribution in [-0.4, -0.2) is 16.7 Å². The average molecular weight is 374 g/mol. The van der Waals surface area contributed by atoms with Gasteiger partial charge in [0.05, 0.1) is 11.9 Å². The van der Waals surface area contributed by atoms with Gasteiger partial charge in [-0.25, -0.2) is 5.43 Å². The van der Waals surface area contributed by atoms with Gasteiger partial charge < -0.3 is 4.57 Å². The zero-order chi connectivity index (χ0) is 18.6. The molecule has 5 heteroatoms. The molecule has 0 atom stereocenters. The van der Waals surface area contributed by atoms with Crippen molar-refractivity contribution >= 4 is 34.5 Å². The molecule has 0 unspecified atom stereocenters. The van der Waals surface area contributed by atoms with Gasteiger partial charge in [-0.1, -0.05) is 41.9 Å². The molecule has 1 N–H and O–H groups in total. The Morgan fingerprint density at radius 1 is 0.926 bits per heavy atom. The zero-order valence-electron chi connectivity index (χ0n) is 14.3. The van der Waals surface area contributed by atoms with E-state index in [0.29, 0.717) is 10.6 Å². The van der Waals surface area contributed by atoms with Gasteiger partial charge in [0, 0.05) is 22.5 Å². The Labute approximate surface area is 161 Å². The number of carbonyl (C=O) groups excluding carboxylic acids is 1. The topological polar surface area (TPSA) is 46.4 Å². The summed E-state index contributed by atoms with van der Waals surface area (Å²) in [5.74, 6) is -0.285. The number of hydrazone groups is 1. The summed E-state index contributed by atoms with van der Waals surface area (Å²) in [5, 5.41) is 7.03. The molecule has 4 rings (SSSR count). The molecule has 4 aromatic rings. The lowest BCUT2D eigenvalue weighted by Gasteiger charge is -2.08. The van der Waals surface area contributed by atoms with Crippen LogP contribution in [0.15, 0.2) is 90.2 Å². The van der Waals surface area contributed by atoms with E-state index < -0.39 is 0 Å². The summed E-state index contributed by atoms with van der Waals surface area (Å²) < 4.78 is 2.02. The van der Waals surface area contributed by atoms with Crippen LogP contribution in [0.25, 0.3) is 16.5 Å². The maximum atomic E-state index is 12.1. The SMILES string of the molecule is O=C(N/N=C/c1cccn1-c1ccc2ccccc2c1)c1ccc(Cl)cc1. The van der Waals surface area contributed by atoms with Gasteiger partial charge in [-0.3, -0.25) is 4.79 Å². The summed E-state index contributed by atoms with van der Waals surface area (Å²) >= 11 is 5.84. The summed E-state index contributed by atoms with van der Waals surface area (Å²) in [4.78, 5) is 12.1. The molecule has 27 heavy (non-hydrogen) atoms. The molecule has 1 heterocycles. The van der Waals surface area contributed by atoms with Gasteiger partial charge in [-0.15, -0.1) is 0 Å². The molecule has 0 aliphatic rings. The van der Waals surface area contributed by atoms with Crippen molar-refractivity contribution in [3.8, 4) is 5.69 Å². The van der Waals surface area contributed by atoms with Crippen molar-refractivity contribution in [1.29, 1.82) is 0 Å². The Kier molecular flexibility index (Phi) is 4.73. The highest BCUT2D eigenvalue weighted by Crippen LogP contribution is 2.19. The van der Waals surface area contributed by atoms with E-state index >= 15 is 0 Å². The van der Waals surface area contributed by atoms with E-state index in [1.165, 1.54) is 10.8 Å². The second-order valence-electron chi connectivity index (χ2n) is 6.04. The van der Waals surface area contributed by atoms with Crippen LogP contribution in [0.1, 0.15) is 16.1 Å².